The molecule has 0 radical (unpaired) electrons. The molecule has 0 fully saturated rings. The fraction of sp³-hybridized carbons (Fsp3) is 0.276. The average Bonchev–Trinajstić information content (AvgIpc) is 3.13. The van der Waals surface area contributed by atoms with E-state index in [1.807, 2.05) is 18.3 Å². The van der Waals surface area contributed by atoms with Crippen LogP contribution in [-0.2, 0) is 10.8 Å². The number of para-hydroxylation sites is 1. The summed E-state index contributed by atoms with van der Waals surface area (Å²) in [7, 11) is 0. The molecular formula is C29H27NO. The molecule has 5 aromatic rings. The minimum Gasteiger partial charge on any atom is -0.456 e. The van der Waals surface area contributed by atoms with Crippen molar-refractivity contribution in [3.8, 4) is 11.3 Å². The number of hydrogen-bond acceptors (Lipinski definition) is 2. The highest BCUT2D eigenvalue weighted by Gasteiger charge is 2.37. The van der Waals surface area contributed by atoms with Gasteiger partial charge >= 0.3 is 0 Å². The molecule has 2 aromatic heterocycles. The lowest BCUT2D eigenvalue weighted by Crippen LogP contribution is -2.33. The van der Waals surface area contributed by atoms with E-state index in [0.29, 0.717) is 0 Å². The molecule has 0 bridgehead atoms. The summed E-state index contributed by atoms with van der Waals surface area (Å²) in [5, 5.41) is 4.80. The van der Waals surface area contributed by atoms with Crippen LogP contribution >= 0.6 is 0 Å². The minimum atomic E-state index is 0.175. The number of benzene rings is 3. The zero-order valence-corrected chi connectivity index (χ0v) is 18.6. The molecule has 0 spiro atoms. The quantitative estimate of drug-likeness (QED) is 0.281. The van der Waals surface area contributed by atoms with Crippen LogP contribution in [0.25, 0.3) is 44.0 Å². The van der Waals surface area contributed by atoms with E-state index < -0.39 is 0 Å². The normalized spacial score (nSPS) is 17.3. The van der Waals surface area contributed by atoms with Gasteiger partial charge < -0.3 is 4.42 Å². The predicted octanol–water partition coefficient (Wildman–Crippen LogP) is 8.15. The van der Waals surface area contributed by atoms with Crippen molar-refractivity contribution in [2.24, 2.45) is 0 Å². The van der Waals surface area contributed by atoms with Crippen LogP contribution < -0.4 is 0 Å². The fourth-order valence-corrected chi connectivity index (χ4v) is 5.34. The van der Waals surface area contributed by atoms with Gasteiger partial charge in [-0.1, -0.05) is 58.0 Å². The standard InChI is InChI=1S/C29H27NO/c1-28(2)12-13-29(3,4)24-17-22-18(15-23(24)28)11-14-30-27(22)19-9-10-21-20-7-5-6-8-25(20)31-26(21)16-19/h5-11,14-17H,12-13H2,1-4H3. The predicted molar refractivity (Wildman–Crippen MR) is 130 cm³/mol. The number of fused-ring (bicyclic) bond motifs is 5. The van der Waals surface area contributed by atoms with Gasteiger partial charge in [0.1, 0.15) is 11.2 Å². The van der Waals surface area contributed by atoms with Gasteiger partial charge in [0.15, 0.2) is 0 Å². The van der Waals surface area contributed by atoms with Gasteiger partial charge in [0, 0.05) is 27.9 Å². The minimum absolute atomic E-state index is 0.175. The molecule has 31 heavy (non-hydrogen) atoms. The van der Waals surface area contributed by atoms with Crippen molar-refractivity contribution in [2.45, 2.75) is 51.4 Å². The van der Waals surface area contributed by atoms with Crippen LogP contribution in [-0.4, -0.2) is 4.98 Å². The van der Waals surface area contributed by atoms with Crippen LogP contribution in [0.3, 0.4) is 0 Å². The Morgan fingerprint density at radius 2 is 1.42 bits per heavy atom. The average molecular weight is 406 g/mol. The lowest BCUT2D eigenvalue weighted by atomic mass is 9.63. The molecular weight excluding hydrogens is 378 g/mol. The second kappa shape index (κ2) is 6.20. The molecule has 0 N–H and O–H groups in total. The molecule has 1 aliphatic carbocycles. The highest BCUT2D eigenvalue weighted by molar-refractivity contribution is 6.06. The van der Waals surface area contributed by atoms with E-state index >= 15 is 0 Å². The van der Waals surface area contributed by atoms with E-state index in [-0.39, 0.29) is 10.8 Å². The van der Waals surface area contributed by atoms with Gasteiger partial charge in [-0.05, 0) is 70.5 Å². The molecule has 3 aromatic carbocycles. The Bertz CT molecular complexity index is 1490. The second-order valence-corrected chi connectivity index (χ2v) is 10.4. The van der Waals surface area contributed by atoms with Gasteiger partial charge in [0.25, 0.3) is 0 Å². The van der Waals surface area contributed by atoms with E-state index in [1.165, 1.54) is 34.7 Å². The Hall–Kier alpha value is -3.13. The number of hydrogen-bond donors (Lipinski definition) is 0. The summed E-state index contributed by atoms with van der Waals surface area (Å²) in [5.41, 5.74) is 7.31. The lowest BCUT2D eigenvalue weighted by Gasteiger charge is -2.42. The first-order chi connectivity index (χ1) is 14.8. The first-order valence-corrected chi connectivity index (χ1v) is 11.2. The van der Waals surface area contributed by atoms with Gasteiger partial charge in [0.05, 0.1) is 5.69 Å². The highest BCUT2D eigenvalue weighted by atomic mass is 16.3. The van der Waals surface area contributed by atoms with Gasteiger partial charge in [-0.2, -0.15) is 0 Å². The number of rotatable bonds is 1. The summed E-state index contributed by atoms with van der Waals surface area (Å²) < 4.78 is 6.15. The molecule has 0 saturated carbocycles. The Kier molecular flexibility index (Phi) is 3.72. The van der Waals surface area contributed by atoms with E-state index in [9.17, 15) is 0 Å². The number of pyridine rings is 1. The van der Waals surface area contributed by atoms with Crippen LogP contribution in [0, 0.1) is 0 Å². The third kappa shape index (κ3) is 2.74. The zero-order valence-electron chi connectivity index (χ0n) is 18.6. The van der Waals surface area contributed by atoms with Gasteiger partial charge in [-0.15, -0.1) is 0 Å². The Morgan fingerprint density at radius 3 is 2.23 bits per heavy atom. The first-order valence-electron chi connectivity index (χ1n) is 11.2. The summed E-state index contributed by atoms with van der Waals surface area (Å²) in [5.74, 6) is 0. The second-order valence-electron chi connectivity index (χ2n) is 10.4. The Morgan fingerprint density at radius 1 is 0.710 bits per heavy atom. The SMILES string of the molecule is CC1(C)CCC(C)(C)c2cc3c(-c4ccc5c(c4)oc4ccccc45)nccc3cc21. The van der Waals surface area contributed by atoms with Crippen molar-refractivity contribution in [1.29, 1.82) is 0 Å². The molecule has 0 aliphatic heterocycles. The van der Waals surface area contributed by atoms with E-state index in [1.54, 1.807) is 0 Å². The van der Waals surface area contributed by atoms with Gasteiger partial charge in [-0.3, -0.25) is 4.98 Å². The first kappa shape index (κ1) is 18.6. The number of aromatic nitrogens is 1. The van der Waals surface area contributed by atoms with Crippen molar-refractivity contribution in [2.75, 3.05) is 0 Å². The molecule has 2 heterocycles. The Labute approximate surface area is 182 Å². The monoisotopic (exact) mass is 405 g/mol. The molecule has 0 amide bonds. The fourth-order valence-electron chi connectivity index (χ4n) is 5.34. The number of furan rings is 1. The maximum Gasteiger partial charge on any atom is 0.136 e. The molecule has 2 heteroatoms. The maximum atomic E-state index is 6.15. The third-order valence-corrected chi connectivity index (χ3v) is 7.39. The third-order valence-electron chi connectivity index (χ3n) is 7.39. The van der Waals surface area contributed by atoms with Gasteiger partial charge in [0.2, 0.25) is 0 Å². The molecule has 0 atom stereocenters. The van der Waals surface area contributed by atoms with Crippen molar-refractivity contribution in [3.05, 3.63) is 78.0 Å². The molecule has 2 nitrogen and oxygen atoms in total. The lowest BCUT2D eigenvalue weighted by molar-refractivity contribution is 0.332. The van der Waals surface area contributed by atoms with E-state index in [4.69, 9.17) is 9.40 Å². The van der Waals surface area contributed by atoms with Crippen LogP contribution in [0.15, 0.2) is 71.3 Å². The van der Waals surface area contributed by atoms with Crippen LogP contribution in [0.5, 0.6) is 0 Å². The largest absolute Gasteiger partial charge is 0.456 e. The molecule has 6 rings (SSSR count). The van der Waals surface area contributed by atoms with Crippen molar-refractivity contribution >= 4 is 32.7 Å². The van der Waals surface area contributed by atoms with Crippen molar-refractivity contribution in [3.63, 3.8) is 0 Å². The Balaban J connectivity index is 1.61. The van der Waals surface area contributed by atoms with E-state index in [2.05, 4.69) is 76.2 Å². The zero-order chi connectivity index (χ0) is 21.4. The molecule has 0 unspecified atom stereocenters. The number of nitrogens with zero attached hydrogens (tertiary/aromatic N) is 1. The van der Waals surface area contributed by atoms with Crippen LogP contribution in [0.1, 0.15) is 51.7 Å². The van der Waals surface area contributed by atoms with E-state index in [0.717, 1.165) is 33.2 Å². The smallest absolute Gasteiger partial charge is 0.136 e. The molecule has 0 saturated heterocycles. The topological polar surface area (TPSA) is 26.0 Å². The van der Waals surface area contributed by atoms with Gasteiger partial charge in [-0.25, -0.2) is 0 Å². The summed E-state index contributed by atoms with van der Waals surface area (Å²) in [6.07, 6.45) is 4.37. The summed E-state index contributed by atoms with van der Waals surface area (Å²) in [6.45, 7) is 9.52. The summed E-state index contributed by atoms with van der Waals surface area (Å²) >= 11 is 0. The maximum absolute atomic E-state index is 6.15. The van der Waals surface area contributed by atoms with Crippen molar-refractivity contribution in [1.82, 2.24) is 4.98 Å². The van der Waals surface area contributed by atoms with Crippen LogP contribution in [0.4, 0.5) is 0 Å². The summed E-state index contributed by atoms with van der Waals surface area (Å²) in [4.78, 5) is 4.83. The summed E-state index contributed by atoms with van der Waals surface area (Å²) in [6, 6.07) is 21.7. The van der Waals surface area contributed by atoms with Crippen molar-refractivity contribution < 1.29 is 4.42 Å². The molecule has 1 aliphatic rings. The molecule has 154 valence electrons. The highest BCUT2D eigenvalue weighted by Crippen LogP contribution is 2.47. The van der Waals surface area contributed by atoms with Crippen LogP contribution in [0.2, 0.25) is 0 Å².